The summed E-state index contributed by atoms with van der Waals surface area (Å²) in [4.78, 5) is 11.9. The second kappa shape index (κ2) is 6.74. The predicted molar refractivity (Wildman–Crippen MR) is 79.9 cm³/mol. The molecule has 3 heteroatoms. The lowest BCUT2D eigenvalue weighted by molar-refractivity contribution is -0.118. The Kier molecular flexibility index (Phi) is 5.00. The summed E-state index contributed by atoms with van der Waals surface area (Å²) >= 11 is 11.6. The zero-order valence-electron chi connectivity index (χ0n) is 10.4. The highest BCUT2D eigenvalue weighted by atomic mass is 35.5. The molecule has 0 amide bonds. The van der Waals surface area contributed by atoms with Gasteiger partial charge in [0.2, 0.25) is 0 Å². The van der Waals surface area contributed by atoms with Crippen LogP contribution in [0, 0.1) is 0 Å². The van der Waals surface area contributed by atoms with Crippen molar-refractivity contribution in [2.24, 2.45) is 0 Å². The van der Waals surface area contributed by atoms with Crippen molar-refractivity contribution in [1.82, 2.24) is 0 Å². The fourth-order valence-electron chi connectivity index (χ4n) is 1.85. The molecule has 98 valence electrons. The van der Waals surface area contributed by atoms with E-state index < -0.39 is 0 Å². The number of hydrogen-bond acceptors (Lipinski definition) is 1. The highest BCUT2D eigenvalue weighted by Gasteiger charge is 2.04. The maximum atomic E-state index is 11.9. The smallest absolute Gasteiger partial charge is 0.137 e. The first-order valence-electron chi connectivity index (χ1n) is 6.14. The SMILES string of the molecule is O=C(CCc1ccc(Cl)cc1)Cc1ccc(Cl)cc1. The van der Waals surface area contributed by atoms with Crippen LogP contribution in [0.1, 0.15) is 17.5 Å². The molecule has 0 fully saturated rings. The van der Waals surface area contributed by atoms with E-state index in [1.807, 2.05) is 48.5 Å². The molecular formula is C16H14Cl2O. The van der Waals surface area contributed by atoms with Gasteiger partial charge < -0.3 is 0 Å². The van der Waals surface area contributed by atoms with Gasteiger partial charge in [0.1, 0.15) is 5.78 Å². The van der Waals surface area contributed by atoms with Crippen LogP contribution in [0.4, 0.5) is 0 Å². The number of carbonyl (C=O) groups excluding carboxylic acids is 1. The molecule has 0 saturated heterocycles. The van der Waals surface area contributed by atoms with Gasteiger partial charge >= 0.3 is 0 Å². The Labute approximate surface area is 123 Å². The molecule has 0 N–H and O–H groups in total. The van der Waals surface area contributed by atoms with E-state index in [9.17, 15) is 4.79 Å². The fraction of sp³-hybridized carbons (Fsp3) is 0.188. The van der Waals surface area contributed by atoms with Crippen LogP contribution < -0.4 is 0 Å². The number of rotatable bonds is 5. The average Bonchev–Trinajstić information content (AvgIpc) is 2.41. The van der Waals surface area contributed by atoms with E-state index in [1.54, 1.807) is 0 Å². The van der Waals surface area contributed by atoms with Crippen LogP contribution in [0.2, 0.25) is 10.0 Å². The number of aryl methyl sites for hydroxylation is 1. The number of benzene rings is 2. The van der Waals surface area contributed by atoms with Crippen molar-refractivity contribution in [1.29, 1.82) is 0 Å². The Balaban J connectivity index is 1.84. The molecule has 0 radical (unpaired) electrons. The molecule has 1 nitrogen and oxygen atoms in total. The lowest BCUT2D eigenvalue weighted by atomic mass is 10.0. The molecule has 2 aromatic carbocycles. The van der Waals surface area contributed by atoms with Gasteiger partial charge in [-0.3, -0.25) is 4.79 Å². The maximum Gasteiger partial charge on any atom is 0.137 e. The van der Waals surface area contributed by atoms with Gasteiger partial charge in [-0.05, 0) is 41.8 Å². The monoisotopic (exact) mass is 292 g/mol. The Morgan fingerprint density at radius 2 is 1.26 bits per heavy atom. The summed E-state index contributed by atoms with van der Waals surface area (Å²) in [6.07, 6.45) is 1.76. The highest BCUT2D eigenvalue weighted by molar-refractivity contribution is 6.30. The molecule has 0 aliphatic carbocycles. The predicted octanol–water partition coefficient (Wildman–Crippen LogP) is 4.74. The first-order chi connectivity index (χ1) is 9.13. The van der Waals surface area contributed by atoms with Crippen molar-refractivity contribution in [3.63, 3.8) is 0 Å². The summed E-state index contributed by atoms with van der Waals surface area (Å²) in [6, 6.07) is 15.0. The first-order valence-corrected chi connectivity index (χ1v) is 6.89. The van der Waals surface area contributed by atoms with E-state index in [0.29, 0.717) is 17.9 Å². The second-order valence-corrected chi connectivity index (χ2v) is 5.34. The second-order valence-electron chi connectivity index (χ2n) is 4.47. The van der Waals surface area contributed by atoms with Crippen molar-refractivity contribution in [2.75, 3.05) is 0 Å². The molecule has 0 heterocycles. The molecule has 0 aliphatic heterocycles. The van der Waals surface area contributed by atoms with Crippen molar-refractivity contribution in [3.8, 4) is 0 Å². The zero-order chi connectivity index (χ0) is 13.7. The van der Waals surface area contributed by atoms with Gasteiger partial charge in [-0.25, -0.2) is 0 Å². The van der Waals surface area contributed by atoms with Crippen LogP contribution >= 0.6 is 23.2 Å². The Morgan fingerprint density at radius 1 is 0.789 bits per heavy atom. The Bertz CT molecular complexity index is 544. The summed E-state index contributed by atoms with van der Waals surface area (Å²) in [5.74, 6) is 0.234. The maximum absolute atomic E-state index is 11.9. The largest absolute Gasteiger partial charge is 0.299 e. The first kappa shape index (κ1) is 14.1. The molecule has 2 aromatic rings. The molecule has 0 saturated carbocycles. The Hall–Kier alpha value is -1.31. The molecule has 0 aromatic heterocycles. The summed E-state index contributed by atoms with van der Waals surface area (Å²) < 4.78 is 0. The van der Waals surface area contributed by atoms with Gasteiger partial charge in [-0.2, -0.15) is 0 Å². The number of hydrogen-bond donors (Lipinski definition) is 0. The third-order valence-electron chi connectivity index (χ3n) is 2.92. The van der Waals surface area contributed by atoms with Gasteiger partial charge in [0.15, 0.2) is 0 Å². The number of carbonyl (C=O) groups is 1. The molecular weight excluding hydrogens is 279 g/mol. The highest BCUT2D eigenvalue weighted by Crippen LogP contribution is 2.13. The van der Waals surface area contributed by atoms with E-state index in [1.165, 1.54) is 0 Å². The third kappa shape index (κ3) is 4.70. The van der Waals surface area contributed by atoms with Gasteiger partial charge in [-0.1, -0.05) is 47.5 Å². The fourth-order valence-corrected chi connectivity index (χ4v) is 2.11. The summed E-state index contributed by atoms with van der Waals surface area (Å²) in [5.41, 5.74) is 2.14. The lowest BCUT2D eigenvalue weighted by Gasteiger charge is -2.03. The number of Topliss-reactive ketones (excluding diaryl/α,β-unsaturated/α-hetero) is 1. The molecule has 0 aliphatic rings. The van der Waals surface area contributed by atoms with Crippen molar-refractivity contribution < 1.29 is 4.79 Å². The molecule has 0 unspecified atom stereocenters. The quantitative estimate of drug-likeness (QED) is 0.778. The van der Waals surface area contributed by atoms with Gasteiger partial charge in [0.25, 0.3) is 0 Å². The van der Waals surface area contributed by atoms with Crippen LogP contribution in [-0.2, 0) is 17.6 Å². The van der Waals surface area contributed by atoms with E-state index in [-0.39, 0.29) is 5.78 Å². The Morgan fingerprint density at radius 3 is 1.79 bits per heavy atom. The average molecular weight is 293 g/mol. The zero-order valence-corrected chi connectivity index (χ0v) is 11.9. The normalized spacial score (nSPS) is 10.4. The van der Waals surface area contributed by atoms with Crippen LogP contribution in [0.25, 0.3) is 0 Å². The van der Waals surface area contributed by atoms with Crippen LogP contribution in [0.5, 0.6) is 0 Å². The van der Waals surface area contributed by atoms with E-state index in [4.69, 9.17) is 23.2 Å². The topological polar surface area (TPSA) is 17.1 Å². The van der Waals surface area contributed by atoms with Crippen molar-refractivity contribution in [2.45, 2.75) is 19.3 Å². The van der Waals surface area contributed by atoms with E-state index in [0.717, 1.165) is 22.6 Å². The molecule has 0 bridgehead atoms. The van der Waals surface area contributed by atoms with Crippen LogP contribution in [0.15, 0.2) is 48.5 Å². The minimum atomic E-state index is 0.234. The number of ketones is 1. The van der Waals surface area contributed by atoms with Crippen LogP contribution in [-0.4, -0.2) is 5.78 Å². The standard InChI is InChI=1S/C16H14Cl2O/c17-14-6-1-12(2-7-14)5-10-16(19)11-13-3-8-15(18)9-4-13/h1-4,6-9H,5,10-11H2. The summed E-state index contributed by atoms with van der Waals surface area (Å²) in [7, 11) is 0. The molecule has 19 heavy (non-hydrogen) atoms. The lowest BCUT2D eigenvalue weighted by Crippen LogP contribution is -2.04. The van der Waals surface area contributed by atoms with Crippen molar-refractivity contribution >= 4 is 29.0 Å². The van der Waals surface area contributed by atoms with Gasteiger partial charge in [-0.15, -0.1) is 0 Å². The summed E-state index contributed by atoms with van der Waals surface area (Å²) in [6.45, 7) is 0. The van der Waals surface area contributed by atoms with Gasteiger partial charge in [0, 0.05) is 22.9 Å². The minimum Gasteiger partial charge on any atom is -0.299 e. The van der Waals surface area contributed by atoms with E-state index in [2.05, 4.69) is 0 Å². The van der Waals surface area contributed by atoms with Crippen molar-refractivity contribution in [3.05, 3.63) is 69.7 Å². The number of halogens is 2. The molecule has 0 atom stereocenters. The molecule has 2 rings (SSSR count). The minimum absolute atomic E-state index is 0.234. The summed E-state index contributed by atoms with van der Waals surface area (Å²) in [5, 5.41) is 1.41. The third-order valence-corrected chi connectivity index (χ3v) is 3.42. The van der Waals surface area contributed by atoms with Crippen LogP contribution in [0.3, 0.4) is 0 Å². The van der Waals surface area contributed by atoms with E-state index >= 15 is 0 Å². The van der Waals surface area contributed by atoms with Gasteiger partial charge in [0.05, 0.1) is 0 Å². The molecule has 0 spiro atoms.